The third-order valence-corrected chi connectivity index (χ3v) is 12.8. The first-order chi connectivity index (χ1) is 21.0. The Balaban J connectivity index is 1.93. The van der Waals surface area contributed by atoms with E-state index in [2.05, 4.69) is 51.3 Å². The van der Waals surface area contributed by atoms with Gasteiger partial charge in [0.25, 0.3) is 0 Å². The number of carboxylic acid groups (broad SMARTS) is 1. The molecular weight excluding hydrogens is 582 g/mol. The Morgan fingerprint density at radius 2 is 1.36 bits per heavy atom. The van der Waals surface area contributed by atoms with E-state index in [-0.39, 0.29) is 17.9 Å². The Kier molecular flexibility index (Phi) is 12.0. The molecule has 1 amide bonds. The van der Waals surface area contributed by atoms with E-state index in [9.17, 15) is 14.7 Å². The number of ether oxygens (including phenoxy) is 2. The molecule has 244 valence electrons. The molecule has 0 saturated carbocycles. The number of carbonyl (C=O) groups is 2. The summed E-state index contributed by atoms with van der Waals surface area (Å²) in [7, 11) is -2.31. The van der Waals surface area contributed by atoms with Crippen molar-refractivity contribution >= 4 is 20.4 Å². The molecule has 0 unspecified atom stereocenters. The van der Waals surface area contributed by atoms with Gasteiger partial charge in [0.1, 0.15) is 23.5 Å². The molecule has 0 aliphatic rings. The van der Waals surface area contributed by atoms with Crippen molar-refractivity contribution in [2.24, 2.45) is 0 Å². The van der Waals surface area contributed by atoms with Crippen molar-refractivity contribution in [3.8, 4) is 5.75 Å². The molecule has 3 aromatic rings. The van der Waals surface area contributed by atoms with E-state index in [1.807, 2.05) is 72.8 Å². The number of nitrogens with one attached hydrogen (secondary N) is 1. The van der Waals surface area contributed by atoms with Gasteiger partial charge in [-0.1, -0.05) is 93.6 Å². The summed E-state index contributed by atoms with van der Waals surface area (Å²) < 4.78 is 18.4. The van der Waals surface area contributed by atoms with Crippen molar-refractivity contribution in [3.63, 3.8) is 0 Å². The number of amides is 1. The zero-order valence-corrected chi connectivity index (χ0v) is 29.2. The highest BCUT2D eigenvalue weighted by Crippen LogP contribution is 2.39. The van der Waals surface area contributed by atoms with Crippen LogP contribution < -0.4 is 10.1 Å². The lowest BCUT2D eigenvalue weighted by molar-refractivity contribution is -0.146. The van der Waals surface area contributed by atoms with Crippen molar-refractivity contribution in [1.29, 1.82) is 0 Å². The Morgan fingerprint density at radius 1 is 0.800 bits per heavy atom. The molecule has 0 fully saturated rings. The largest absolute Gasteiger partial charge is 0.489 e. The second-order valence-electron chi connectivity index (χ2n) is 14.3. The van der Waals surface area contributed by atoms with E-state index in [1.165, 1.54) is 0 Å². The molecule has 2 atom stereocenters. The van der Waals surface area contributed by atoms with Gasteiger partial charge in [0.05, 0.1) is 0 Å². The molecule has 0 heterocycles. The molecule has 3 rings (SSSR count). The van der Waals surface area contributed by atoms with Gasteiger partial charge in [0.2, 0.25) is 0 Å². The zero-order chi connectivity index (χ0) is 33.3. The Morgan fingerprint density at radius 3 is 1.87 bits per heavy atom. The fourth-order valence-electron chi connectivity index (χ4n) is 4.83. The summed E-state index contributed by atoms with van der Waals surface area (Å²) in [5.41, 5.74) is 0.467. The fourth-order valence-corrected chi connectivity index (χ4v) is 6.22. The minimum absolute atomic E-state index is 0.0449. The van der Waals surface area contributed by atoms with Gasteiger partial charge in [0.15, 0.2) is 8.32 Å². The van der Waals surface area contributed by atoms with Crippen LogP contribution in [0.1, 0.15) is 71.1 Å². The predicted octanol–water partition coefficient (Wildman–Crippen LogP) is 8.57. The third kappa shape index (κ3) is 11.4. The summed E-state index contributed by atoms with van der Waals surface area (Å²) >= 11 is 0. The topological polar surface area (TPSA) is 94.1 Å². The summed E-state index contributed by atoms with van der Waals surface area (Å²) in [6.45, 7) is 16.5. The quantitative estimate of drug-likeness (QED) is 0.173. The van der Waals surface area contributed by atoms with E-state index in [0.29, 0.717) is 18.8 Å². The molecular formula is C37H51NO6Si. The smallest absolute Gasteiger partial charge is 0.408 e. The highest BCUT2D eigenvalue weighted by molar-refractivity contribution is 6.74. The summed E-state index contributed by atoms with van der Waals surface area (Å²) in [6, 6.07) is 27.3. The van der Waals surface area contributed by atoms with Gasteiger partial charge in [-0.2, -0.15) is 0 Å². The van der Waals surface area contributed by atoms with Crippen molar-refractivity contribution in [1.82, 2.24) is 5.32 Å². The van der Waals surface area contributed by atoms with Gasteiger partial charge in [-0.05, 0) is 80.6 Å². The number of carboxylic acids is 1. The maximum Gasteiger partial charge on any atom is 0.408 e. The van der Waals surface area contributed by atoms with Crippen LogP contribution in [0.2, 0.25) is 18.1 Å². The normalized spacial score (nSPS) is 14.2. The predicted molar refractivity (Wildman–Crippen MR) is 182 cm³/mol. The minimum atomic E-state index is -2.31. The van der Waals surface area contributed by atoms with Crippen molar-refractivity contribution in [3.05, 3.63) is 102 Å². The van der Waals surface area contributed by atoms with Crippen LogP contribution in [0.3, 0.4) is 0 Å². The first-order valence-electron chi connectivity index (χ1n) is 15.7. The second-order valence-corrected chi connectivity index (χ2v) is 19.1. The summed E-state index contributed by atoms with van der Waals surface area (Å²) in [5, 5.41) is 13.6. The van der Waals surface area contributed by atoms with Crippen LogP contribution >= 0.6 is 0 Å². The first-order valence-corrected chi connectivity index (χ1v) is 18.6. The number of rotatable bonds is 14. The lowest BCUT2D eigenvalue weighted by Crippen LogP contribution is -2.59. The molecule has 45 heavy (non-hydrogen) atoms. The van der Waals surface area contributed by atoms with Crippen LogP contribution in [-0.2, 0) is 33.4 Å². The summed E-state index contributed by atoms with van der Waals surface area (Å²) in [6.07, 6.45) is 0.243. The van der Waals surface area contributed by atoms with Crippen molar-refractivity contribution in [2.75, 3.05) is 0 Å². The van der Waals surface area contributed by atoms with Gasteiger partial charge in [0, 0.05) is 18.9 Å². The number of carbonyl (C=O) groups excluding carboxylic acids is 1. The Hall–Kier alpha value is -3.62. The third-order valence-electron chi connectivity index (χ3n) is 8.27. The van der Waals surface area contributed by atoms with E-state index in [4.69, 9.17) is 13.9 Å². The van der Waals surface area contributed by atoms with E-state index < -0.39 is 37.6 Å². The first kappa shape index (κ1) is 35.9. The molecule has 0 spiro atoms. The molecule has 3 aromatic carbocycles. The highest BCUT2D eigenvalue weighted by atomic mass is 28.4. The standard InChI is InChI=1S/C37H51NO6Si/c1-35(2,3)43-34(41)38-37(33(39)40,25-29-20-22-31(23-21-29)42-27-30-17-13-10-14-18-30)26-32(44-45(7,8)36(4,5)6)24-19-28-15-11-9-12-16-28/h9-18,20-23,32H,19,24-27H2,1-8H3,(H,38,41)(H,39,40)/t32-,37+/m0/s1. The lowest BCUT2D eigenvalue weighted by Gasteiger charge is -2.42. The van der Waals surface area contributed by atoms with Crippen molar-refractivity contribution < 1.29 is 28.6 Å². The van der Waals surface area contributed by atoms with E-state index in [0.717, 1.165) is 23.1 Å². The molecule has 2 N–H and O–H groups in total. The Bertz CT molecular complexity index is 1360. The molecule has 0 bridgehead atoms. The van der Waals surface area contributed by atoms with E-state index >= 15 is 0 Å². The minimum Gasteiger partial charge on any atom is -0.489 e. The van der Waals surface area contributed by atoms with Gasteiger partial charge < -0.3 is 24.3 Å². The SMILES string of the molecule is CC(C)(C)OC(=O)N[C@](Cc1ccc(OCc2ccccc2)cc1)(C[C@H](CCc1ccccc1)O[Si](C)(C)C(C)(C)C)C(=O)O. The van der Waals surface area contributed by atoms with Gasteiger partial charge in [-0.25, -0.2) is 9.59 Å². The van der Waals surface area contributed by atoms with Crippen LogP contribution in [0.5, 0.6) is 5.75 Å². The molecule has 0 radical (unpaired) electrons. The van der Waals surface area contributed by atoms with Gasteiger partial charge in [-0.15, -0.1) is 0 Å². The number of aliphatic carboxylic acids is 1. The monoisotopic (exact) mass is 633 g/mol. The van der Waals surface area contributed by atoms with Gasteiger partial charge in [-0.3, -0.25) is 0 Å². The number of hydrogen-bond acceptors (Lipinski definition) is 5. The molecule has 0 aliphatic heterocycles. The molecule has 0 aliphatic carbocycles. The Labute approximate surface area is 270 Å². The maximum atomic E-state index is 13.3. The summed E-state index contributed by atoms with van der Waals surface area (Å²) in [5.74, 6) is -0.466. The van der Waals surface area contributed by atoms with Crippen LogP contribution in [0.4, 0.5) is 4.79 Å². The number of benzene rings is 3. The van der Waals surface area contributed by atoms with Crippen LogP contribution in [-0.4, -0.2) is 42.7 Å². The molecule has 0 saturated heterocycles. The molecule has 8 heteroatoms. The molecule has 0 aromatic heterocycles. The van der Waals surface area contributed by atoms with Crippen LogP contribution in [0, 0.1) is 0 Å². The van der Waals surface area contributed by atoms with Crippen LogP contribution in [0.15, 0.2) is 84.9 Å². The van der Waals surface area contributed by atoms with E-state index in [1.54, 1.807) is 20.8 Å². The number of alkyl carbamates (subject to hydrolysis) is 1. The fraction of sp³-hybridized carbons (Fsp3) is 0.459. The number of aryl methyl sites for hydroxylation is 1. The average Bonchev–Trinajstić information content (AvgIpc) is 2.94. The zero-order valence-electron chi connectivity index (χ0n) is 28.2. The summed E-state index contributed by atoms with van der Waals surface area (Å²) in [4.78, 5) is 26.5. The maximum absolute atomic E-state index is 13.3. The highest BCUT2D eigenvalue weighted by Gasteiger charge is 2.46. The number of hydrogen-bond donors (Lipinski definition) is 2. The van der Waals surface area contributed by atoms with Crippen molar-refractivity contribution in [2.45, 2.75) is 109 Å². The average molecular weight is 634 g/mol. The molecule has 7 nitrogen and oxygen atoms in total. The van der Waals surface area contributed by atoms with Crippen LogP contribution in [0.25, 0.3) is 0 Å². The lowest BCUT2D eigenvalue weighted by atomic mass is 9.84. The second kappa shape index (κ2) is 15.1. The van der Waals surface area contributed by atoms with Gasteiger partial charge >= 0.3 is 12.1 Å².